The third-order valence-electron chi connectivity index (χ3n) is 5.24. The number of ether oxygens (including phenoxy) is 3. The van der Waals surface area contributed by atoms with Crippen LogP contribution in [-0.4, -0.2) is 37.2 Å². The lowest BCUT2D eigenvalue weighted by molar-refractivity contribution is -0.118. The second kappa shape index (κ2) is 9.31. The maximum absolute atomic E-state index is 12.0. The van der Waals surface area contributed by atoms with E-state index in [0.29, 0.717) is 24.5 Å². The van der Waals surface area contributed by atoms with Gasteiger partial charge >= 0.3 is 0 Å². The molecule has 1 unspecified atom stereocenters. The van der Waals surface area contributed by atoms with E-state index in [2.05, 4.69) is 5.32 Å². The van der Waals surface area contributed by atoms with Crippen LogP contribution in [0.3, 0.4) is 0 Å². The highest BCUT2D eigenvalue weighted by atomic mass is 32.2. The summed E-state index contributed by atoms with van der Waals surface area (Å²) in [5, 5.41) is 3.69. The molecule has 0 bridgehead atoms. The molecule has 1 saturated heterocycles. The van der Waals surface area contributed by atoms with Gasteiger partial charge in [0.15, 0.2) is 11.5 Å². The zero-order valence-corrected chi connectivity index (χ0v) is 18.2. The standard InChI is InChI=1S/C24H23NO5S/c1-28-20-9-7-15(13-21(20)29-2)11-12-30-19-10-8-16(17-5-3-4-6-18(17)19)14-22-23(26)25-24(27)31-22/h3-10,13,22H,11-12,14H2,1-2H3,(H,25,26,27). The van der Waals surface area contributed by atoms with Gasteiger partial charge in [0.05, 0.1) is 26.1 Å². The average molecular weight is 438 g/mol. The first-order chi connectivity index (χ1) is 15.1. The predicted octanol–water partition coefficient (Wildman–Crippen LogP) is 4.37. The monoisotopic (exact) mass is 437 g/mol. The zero-order valence-electron chi connectivity index (χ0n) is 17.3. The van der Waals surface area contributed by atoms with Gasteiger partial charge < -0.3 is 14.2 Å². The maximum atomic E-state index is 12.0. The number of thioether (sulfide) groups is 1. The Kier molecular flexibility index (Phi) is 6.32. The minimum atomic E-state index is -0.396. The molecule has 1 aliphatic rings. The van der Waals surface area contributed by atoms with E-state index in [-0.39, 0.29) is 11.1 Å². The van der Waals surface area contributed by atoms with E-state index in [0.717, 1.165) is 45.8 Å². The van der Waals surface area contributed by atoms with Crippen LogP contribution in [-0.2, 0) is 17.6 Å². The number of benzene rings is 3. The van der Waals surface area contributed by atoms with Gasteiger partial charge in [-0.3, -0.25) is 14.9 Å². The summed E-state index contributed by atoms with van der Waals surface area (Å²) in [5.41, 5.74) is 2.11. The van der Waals surface area contributed by atoms with E-state index in [4.69, 9.17) is 14.2 Å². The molecular weight excluding hydrogens is 414 g/mol. The molecule has 160 valence electrons. The molecule has 0 radical (unpaired) electrons. The summed E-state index contributed by atoms with van der Waals surface area (Å²) in [6.07, 6.45) is 1.21. The number of carbonyl (C=O) groups is 2. The molecule has 2 amide bonds. The molecular formula is C24H23NO5S. The first-order valence-electron chi connectivity index (χ1n) is 9.95. The molecule has 1 fully saturated rings. The Morgan fingerprint density at radius 1 is 0.903 bits per heavy atom. The van der Waals surface area contributed by atoms with Crippen molar-refractivity contribution >= 4 is 33.7 Å². The number of rotatable bonds is 8. The van der Waals surface area contributed by atoms with Gasteiger partial charge in [-0.05, 0) is 41.1 Å². The highest BCUT2D eigenvalue weighted by Crippen LogP contribution is 2.32. The zero-order chi connectivity index (χ0) is 21.8. The summed E-state index contributed by atoms with van der Waals surface area (Å²) in [5.74, 6) is 1.96. The summed E-state index contributed by atoms with van der Waals surface area (Å²) in [6.45, 7) is 0.508. The van der Waals surface area contributed by atoms with E-state index in [9.17, 15) is 9.59 Å². The van der Waals surface area contributed by atoms with Gasteiger partial charge in [-0.1, -0.05) is 48.2 Å². The fraction of sp³-hybridized carbons (Fsp3) is 0.250. The van der Waals surface area contributed by atoms with Crippen LogP contribution in [0.1, 0.15) is 11.1 Å². The van der Waals surface area contributed by atoms with Gasteiger partial charge in [0.25, 0.3) is 5.24 Å². The van der Waals surface area contributed by atoms with Crippen LogP contribution < -0.4 is 19.5 Å². The van der Waals surface area contributed by atoms with E-state index >= 15 is 0 Å². The Hall–Kier alpha value is -3.19. The number of carbonyl (C=O) groups excluding carboxylic acids is 2. The maximum Gasteiger partial charge on any atom is 0.286 e. The van der Waals surface area contributed by atoms with Crippen molar-refractivity contribution in [1.29, 1.82) is 0 Å². The molecule has 1 heterocycles. The van der Waals surface area contributed by atoms with Gasteiger partial charge in [0.1, 0.15) is 5.75 Å². The van der Waals surface area contributed by atoms with Gasteiger partial charge in [-0.25, -0.2) is 0 Å². The number of imide groups is 1. The topological polar surface area (TPSA) is 73.9 Å². The van der Waals surface area contributed by atoms with Crippen molar-refractivity contribution in [3.05, 3.63) is 65.7 Å². The molecule has 1 aliphatic heterocycles. The largest absolute Gasteiger partial charge is 0.493 e. The molecule has 4 rings (SSSR count). The van der Waals surface area contributed by atoms with Crippen LogP contribution in [0.2, 0.25) is 0 Å². The Labute approximate surface area is 184 Å². The number of fused-ring (bicyclic) bond motifs is 1. The number of hydrogen-bond donors (Lipinski definition) is 1. The summed E-state index contributed by atoms with van der Waals surface area (Å²) in [7, 11) is 3.24. The SMILES string of the molecule is COc1ccc(CCOc2ccc(CC3SC(=O)NC3=O)c3ccccc23)cc1OC. The van der Waals surface area contributed by atoms with Crippen LogP contribution in [0.4, 0.5) is 4.79 Å². The molecule has 1 atom stereocenters. The smallest absolute Gasteiger partial charge is 0.286 e. The normalized spacial score (nSPS) is 15.7. The minimum Gasteiger partial charge on any atom is -0.493 e. The van der Waals surface area contributed by atoms with Gasteiger partial charge in [-0.15, -0.1) is 0 Å². The molecule has 0 aromatic heterocycles. The third-order valence-corrected chi connectivity index (χ3v) is 6.22. The molecule has 3 aromatic rings. The van der Waals surface area contributed by atoms with Crippen molar-refractivity contribution in [3.8, 4) is 17.2 Å². The molecule has 0 aliphatic carbocycles. The van der Waals surface area contributed by atoms with E-state index < -0.39 is 5.25 Å². The van der Waals surface area contributed by atoms with E-state index in [1.807, 2.05) is 54.6 Å². The number of methoxy groups -OCH3 is 2. The second-order valence-electron chi connectivity index (χ2n) is 7.14. The summed E-state index contributed by atoms with van der Waals surface area (Å²) in [6, 6.07) is 17.7. The van der Waals surface area contributed by atoms with Crippen molar-refractivity contribution in [2.24, 2.45) is 0 Å². The van der Waals surface area contributed by atoms with Gasteiger partial charge in [0, 0.05) is 11.8 Å². The van der Waals surface area contributed by atoms with Gasteiger partial charge in [0.2, 0.25) is 5.91 Å². The van der Waals surface area contributed by atoms with Crippen molar-refractivity contribution in [1.82, 2.24) is 5.32 Å². The van der Waals surface area contributed by atoms with Gasteiger partial charge in [-0.2, -0.15) is 0 Å². The molecule has 7 heteroatoms. The number of hydrogen-bond acceptors (Lipinski definition) is 6. The van der Waals surface area contributed by atoms with Crippen LogP contribution in [0.25, 0.3) is 10.8 Å². The van der Waals surface area contributed by atoms with Crippen molar-refractivity contribution in [2.45, 2.75) is 18.1 Å². The van der Waals surface area contributed by atoms with E-state index in [1.54, 1.807) is 14.2 Å². The lowest BCUT2D eigenvalue weighted by Crippen LogP contribution is -2.25. The molecule has 0 spiro atoms. The second-order valence-corrected chi connectivity index (χ2v) is 8.32. The third kappa shape index (κ3) is 4.61. The molecule has 31 heavy (non-hydrogen) atoms. The summed E-state index contributed by atoms with van der Waals surface area (Å²) in [4.78, 5) is 23.4. The highest BCUT2D eigenvalue weighted by Gasteiger charge is 2.31. The summed E-state index contributed by atoms with van der Waals surface area (Å²) >= 11 is 1.05. The highest BCUT2D eigenvalue weighted by molar-refractivity contribution is 8.15. The lowest BCUT2D eigenvalue weighted by Gasteiger charge is -2.14. The Morgan fingerprint density at radius 2 is 1.65 bits per heavy atom. The lowest BCUT2D eigenvalue weighted by atomic mass is 9.99. The van der Waals surface area contributed by atoms with Crippen LogP contribution >= 0.6 is 11.8 Å². The first-order valence-corrected chi connectivity index (χ1v) is 10.8. The van der Waals surface area contributed by atoms with Crippen LogP contribution in [0.5, 0.6) is 17.2 Å². The van der Waals surface area contributed by atoms with Crippen LogP contribution in [0.15, 0.2) is 54.6 Å². The fourth-order valence-corrected chi connectivity index (χ4v) is 4.53. The Bertz CT molecular complexity index is 1130. The first kappa shape index (κ1) is 21.1. The predicted molar refractivity (Wildman–Crippen MR) is 121 cm³/mol. The minimum absolute atomic E-state index is 0.227. The van der Waals surface area contributed by atoms with E-state index in [1.165, 1.54) is 0 Å². The van der Waals surface area contributed by atoms with Crippen LogP contribution in [0, 0.1) is 0 Å². The van der Waals surface area contributed by atoms with Crippen molar-refractivity contribution in [2.75, 3.05) is 20.8 Å². The van der Waals surface area contributed by atoms with Crippen molar-refractivity contribution in [3.63, 3.8) is 0 Å². The Morgan fingerprint density at radius 3 is 2.35 bits per heavy atom. The average Bonchev–Trinajstić information content (AvgIpc) is 3.11. The molecule has 0 saturated carbocycles. The number of amides is 2. The summed E-state index contributed by atoms with van der Waals surface area (Å²) < 4.78 is 16.8. The Balaban J connectivity index is 1.49. The fourth-order valence-electron chi connectivity index (χ4n) is 3.68. The van der Waals surface area contributed by atoms with Crippen molar-refractivity contribution < 1.29 is 23.8 Å². The molecule has 1 N–H and O–H groups in total. The molecule has 3 aromatic carbocycles. The molecule has 6 nitrogen and oxygen atoms in total. The quantitative estimate of drug-likeness (QED) is 0.564. The number of nitrogens with one attached hydrogen (secondary N) is 1.